The van der Waals surface area contributed by atoms with Crippen molar-refractivity contribution in [3.05, 3.63) is 36.0 Å². The molecule has 0 saturated heterocycles. The zero-order valence-corrected chi connectivity index (χ0v) is 14.3. The van der Waals surface area contributed by atoms with E-state index in [-0.39, 0.29) is 0 Å². The molecular formula is C17H24N4O3. The summed E-state index contributed by atoms with van der Waals surface area (Å²) < 4.78 is 15.6. The maximum atomic E-state index is 5.32. The first kappa shape index (κ1) is 17.8. The summed E-state index contributed by atoms with van der Waals surface area (Å²) in [5, 5.41) is 6.40. The van der Waals surface area contributed by atoms with Crippen molar-refractivity contribution >= 4 is 11.8 Å². The van der Waals surface area contributed by atoms with Gasteiger partial charge in [0.15, 0.2) is 11.5 Å². The van der Waals surface area contributed by atoms with Crippen molar-refractivity contribution in [1.82, 2.24) is 9.97 Å². The van der Waals surface area contributed by atoms with E-state index in [4.69, 9.17) is 14.2 Å². The van der Waals surface area contributed by atoms with Crippen molar-refractivity contribution in [3.8, 4) is 11.5 Å². The zero-order valence-electron chi connectivity index (χ0n) is 14.3. The number of nitrogens with zero attached hydrogens (tertiary/aromatic N) is 2. The number of anilines is 2. The lowest BCUT2D eigenvalue weighted by molar-refractivity contribution is 0.210. The molecule has 0 aliphatic heterocycles. The third kappa shape index (κ3) is 5.27. The number of hydrogen-bond acceptors (Lipinski definition) is 7. The Morgan fingerprint density at radius 2 is 1.79 bits per heavy atom. The molecule has 7 nitrogen and oxygen atoms in total. The quantitative estimate of drug-likeness (QED) is 0.646. The molecule has 0 spiro atoms. The summed E-state index contributed by atoms with van der Waals surface area (Å²) in [6, 6.07) is 7.77. The Balaban J connectivity index is 1.86. The summed E-state index contributed by atoms with van der Waals surface area (Å²) in [6.45, 7) is 2.04. The molecule has 0 saturated carbocycles. The van der Waals surface area contributed by atoms with Crippen molar-refractivity contribution in [2.75, 3.05) is 51.7 Å². The smallest absolute Gasteiger partial charge is 0.224 e. The van der Waals surface area contributed by atoms with Crippen molar-refractivity contribution < 1.29 is 14.2 Å². The second-order valence-corrected chi connectivity index (χ2v) is 5.05. The van der Waals surface area contributed by atoms with Gasteiger partial charge in [-0.3, -0.25) is 0 Å². The van der Waals surface area contributed by atoms with E-state index < -0.39 is 0 Å². The minimum atomic E-state index is 0.586. The number of benzene rings is 1. The normalized spacial score (nSPS) is 10.3. The predicted octanol–water partition coefficient (Wildman–Crippen LogP) is 2.21. The van der Waals surface area contributed by atoms with Gasteiger partial charge >= 0.3 is 0 Å². The molecule has 0 unspecified atom stereocenters. The second-order valence-electron chi connectivity index (χ2n) is 5.05. The molecule has 2 aromatic rings. The monoisotopic (exact) mass is 332 g/mol. The summed E-state index contributed by atoms with van der Waals surface area (Å²) >= 11 is 0. The molecule has 0 aliphatic rings. The Bertz CT molecular complexity index is 637. The standard InChI is InChI=1S/C17H24N4O3/c1-22-11-10-20-17-19-9-7-16(21-17)18-8-6-13-4-5-14(23-2)15(12-13)24-3/h4-5,7,9,12H,6,8,10-11H2,1-3H3,(H2,18,19,20,21). The van der Waals surface area contributed by atoms with E-state index in [2.05, 4.69) is 20.6 Å². The van der Waals surface area contributed by atoms with Crippen molar-refractivity contribution in [1.29, 1.82) is 0 Å². The average molecular weight is 332 g/mol. The van der Waals surface area contributed by atoms with Gasteiger partial charge in [-0.15, -0.1) is 0 Å². The van der Waals surface area contributed by atoms with Gasteiger partial charge < -0.3 is 24.8 Å². The highest BCUT2D eigenvalue weighted by atomic mass is 16.5. The molecule has 1 aromatic carbocycles. The van der Waals surface area contributed by atoms with Crippen LogP contribution in [0.2, 0.25) is 0 Å². The van der Waals surface area contributed by atoms with Crippen LogP contribution < -0.4 is 20.1 Å². The summed E-state index contributed by atoms with van der Waals surface area (Å²) in [4.78, 5) is 8.57. The summed E-state index contributed by atoms with van der Waals surface area (Å²) in [6.07, 6.45) is 2.57. The molecule has 0 aliphatic carbocycles. The fourth-order valence-electron chi connectivity index (χ4n) is 2.18. The Hall–Kier alpha value is -2.54. The van der Waals surface area contributed by atoms with Gasteiger partial charge in [0.2, 0.25) is 5.95 Å². The maximum absolute atomic E-state index is 5.32. The highest BCUT2D eigenvalue weighted by molar-refractivity contribution is 5.43. The first-order valence-electron chi connectivity index (χ1n) is 7.77. The van der Waals surface area contributed by atoms with Crippen LogP contribution >= 0.6 is 0 Å². The molecule has 7 heteroatoms. The van der Waals surface area contributed by atoms with Crippen LogP contribution in [0, 0.1) is 0 Å². The van der Waals surface area contributed by atoms with Gasteiger partial charge in [-0.1, -0.05) is 6.07 Å². The third-order valence-electron chi connectivity index (χ3n) is 3.41. The van der Waals surface area contributed by atoms with E-state index in [1.807, 2.05) is 24.3 Å². The molecule has 0 bridgehead atoms. The van der Waals surface area contributed by atoms with E-state index in [0.29, 0.717) is 19.1 Å². The molecule has 0 amide bonds. The molecule has 0 fully saturated rings. The van der Waals surface area contributed by atoms with Crippen LogP contribution in [0.25, 0.3) is 0 Å². The van der Waals surface area contributed by atoms with E-state index in [1.165, 1.54) is 0 Å². The predicted molar refractivity (Wildman–Crippen MR) is 94.1 cm³/mol. The largest absolute Gasteiger partial charge is 0.493 e. The van der Waals surface area contributed by atoms with Gasteiger partial charge in [0.25, 0.3) is 0 Å². The first-order valence-corrected chi connectivity index (χ1v) is 7.77. The van der Waals surface area contributed by atoms with Crippen LogP contribution in [0.1, 0.15) is 5.56 Å². The highest BCUT2D eigenvalue weighted by Gasteiger charge is 2.05. The molecule has 2 rings (SSSR count). The zero-order chi connectivity index (χ0) is 17.2. The van der Waals surface area contributed by atoms with Gasteiger partial charge in [-0.05, 0) is 30.2 Å². The molecule has 1 aromatic heterocycles. The van der Waals surface area contributed by atoms with Crippen LogP contribution in [-0.4, -0.2) is 51.0 Å². The topological polar surface area (TPSA) is 77.5 Å². The number of nitrogens with one attached hydrogen (secondary N) is 2. The lowest BCUT2D eigenvalue weighted by Gasteiger charge is -2.11. The average Bonchev–Trinajstić information content (AvgIpc) is 2.62. The minimum absolute atomic E-state index is 0.586. The van der Waals surface area contributed by atoms with E-state index in [0.717, 1.165) is 35.8 Å². The Morgan fingerprint density at radius 1 is 0.958 bits per heavy atom. The Kier molecular flexibility index (Phi) is 7.10. The van der Waals surface area contributed by atoms with Gasteiger partial charge in [-0.25, -0.2) is 4.98 Å². The van der Waals surface area contributed by atoms with Crippen LogP contribution in [0.15, 0.2) is 30.5 Å². The Labute approximate surface area is 142 Å². The molecule has 24 heavy (non-hydrogen) atoms. The van der Waals surface area contributed by atoms with Crippen LogP contribution in [0.4, 0.5) is 11.8 Å². The van der Waals surface area contributed by atoms with Crippen LogP contribution in [0.5, 0.6) is 11.5 Å². The summed E-state index contributed by atoms with van der Waals surface area (Å²) in [7, 11) is 4.93. The van der Waals surface area contributed by atoms with E-state index in [1.54, 1.807) is 27.5 Å². The van der Waals surface area contributed by atoms with Crippen molar-refractivity contribution in [3.63, 3.8) is 0 Å². The third-order valence-corrected chi connectivity index (χ3v) is 3.41. The first-order chi connectivity index (χ1) is 11.8. The van der Waals surface area contributed by atoms with Crippen LogP contribution in [-0.2, 0) is 11.2 Å². The lowest BCUT2D eigenvalue weighted by atomic mass is 10.1. The SMILES string of the molecule is COCCNc1nccc(NCCc2ccc(OC)c(OC)c2)n1. The number of rotatable bonds is 10. The van der Waals surface area contributed by atoms with Gasteiger partial charge in [0, 0.05) is 26.4 Å². The fraction of sp³-hybridized carbons (Fsp3) is 0.412. The van der Waals surface area contributed by atoms with E-state index in [9.17, 15) is 0 Å². The fourth-order valence-corrected chi connectivity index (χ4v) is 2.18. The molecule has 130 valence electrons. The minimum Gasteiger partial charge on any atom is -0.493 e. The van der Waals surface area contributed by atoms with Crippen molar-refractivity contribution in [2.45, 2.75) is 6.42 Å². The van der Waals surface area contributed by atoms with Gasteiger partial charge in [0.05, 0.1) is 20.8 Å². The number of ether oxygens (including phenoxy) is 3. The molecule has 1 heterocycles. The summed E-state index contributed by atoms with van der Waals surface area (Å²) in [5.41, 5.74) is 1.16. The number of methoxy groups -OCH3 is 3. The van der Waals surface area contributed by atoms with Gasteiger partial charge in [-0.2, -0.15) is 4.98 Å². The number of aromatic nitrogens is 2. The molecule has 0 atom stereocenters. The second kappa shape index (κ2) is 9.57. The number of hydrogen-bond donors (Lipinski definition) is 2. The highest BCUT2D eigenvalue weighted by Crippen LogP contribution is 2.27. The van der Waals surface area contributed by atoms with E-state index >= 15 is 0 Å². The van der Waals surface area contributed by atoms with Gasteiger partial charge in [0.1, 0.15) is 5.82 Å². The van der Waals surface area contributed by atoms with Crippen molar-refractivity contribution in [2.24, 2.45) is 0 Å². The maximum Gasteiger partial charge on any atom is 0.224 e. The molecule has 2 N–H and O–H groups in total. The van der Waals surface area contributed by atoms with Crippen LogP contribution in [0.3, 0.4) is 0 Å². The molecular weight excluding hydrogens is 308 g/mol. The summed E-state index contributed by atoms with van der Waals surface area (Å²) in [5.74, 6) is 2.84. The Morgan fingerprint density at radius 3 is 2.54 bits per heavy atom. The molecule has 0 radical (unpaired) electrons. The lowest BCUT2D eigenvalue weighted by Crippen LogP contribution is -2.12.